The molecular weight excluding hydrogens is 241 g/mol. The van der Waals surface area contributed by atoms with Gasteiger partial charge in [-0.1, -0.05) is 17.7 Å². The summed E-state index contributed by atoms with van der Waals surface area (Å²) in [6.07, 6.45) is 2.46. The van der Waals surface area contributed by atoms with E-state index in [0.717, 1.165) is 11.6 Å². The summed E-state index contributed by atoms with van der Waals surface area (Å²) in [7, 11) is 0. The van der Waals surface area contributed by atoms with E-state index in [-0.39, 0.29) is 5.54 Å². The van der Waals surface area contributed by atoms with E-state index in [1.165, 1.54) is 24.1 Å². The molecule has 2 rings (SSSR count). The number of benzene rings is 1. The molecule has 0 atom stereocenters. The van der Waals surface area contributed by atoms with Crippen molar-refractivity contribution in [3.05, 3.63) is 28.8 Å². The molecule has 0 saturated carbocycles. The highest BCUT2D eigenvalue weighted by atomic mass is 35.5. The molecule has 0 unspecified atom stereocenters. The first-order chi connectivity index (χ1) is 7.54. The molecule has 0 radical (unpaired) electrons. The van der Waals surface area contributed by atoms with Gasteiger partial charge in [0.25, 0.3) is 0 Å². The summed E-state index contributed by atoms with van der Waals surface area (Å²) in [5.41, 5.74) is 2.58. The first kappa shape index (κ1) is 12.1. The van der Waals surface area contributed by atoms with Crippen LogP contribution in [0.25, 0.3) is 0 Å². The van der Waals surface area contributed by atoms with E-state index in [2.05, 4.69) is 18.7 Å². The van der Waals surface area contributed by atoms with Crippen LogP contribution in [-0.4, -0.2) is 12.1 Å². The van der Waals surface area contributed by atoms with E-state index in [1.807, 2.05) is 18.2 Å². The van der Waals surface area contributed by atoms with Gasteiger partial charge in [0.2, 0.25) is 0 Å². The van der Waals surface area contributed by atoms with Crippen molar-refractivity contribution in [2.75, 3.05) is 11.4 Å². The van der Waals surface area contributed by atoms with Gasteiger partial charge in [-0.15, -0.1) is 11.6 Å². The van der Waals surface area contributed by atoms with Gasteiger partial charge < -0.3 is 4.90 Å². The van der Waals surface area contributed by atoms with Gasteiger partial charge in [-0.2, -0.15) is 0 Å². The molecule has 1 aromatic carbocycles. The molecule has 0 amide bonds. The molecule has 0 bridgehead atoms. The second-order valence-electron chi connectivity index (χ2n) is 4.97. The van der Waals surface area contributed by atoms with Gasteiger partial charge in [-0.3, -0.25) is 0 Å². The summed E-state index contributed by atoms with van der Waals surface area (Å²) < 4.78 is 0. The van der Waals surface area contributed by atoms with Crippen LogP contribution in [0.1, 0.15) is 32.3 Å². The Morgan fingerprint density at radius 3 is 2.69 bits per heavy atom. The zero-order valence-electron chi connectivity index (χ0n) is 9.76. The maximum Gasteiger partial charge on any atom is 0.0494 e. The average molecular weight is 258 g/mol. The minimum atomic E-state index is 0.214. The van der Waals surface area contributed by atoms with E-state index >= 15 is 0 Å². The van der Waals surface area contributed by atoms with E-state index in [1.54, 1.807) is 0 Å². The predicted molar refractivity (Wildman–Crippen MR) is 71.7 cm³/mol. The second-order valence-corrected chi connectivity index (χ2v) is 5.68. The largest absolute Gasteiger partial charge is 0.366 e. The highest BCUT2D eigenvalue weighted by molar-refractivity contribution is 6.31. The molecule has 1 fully saturated rings. The van der Waals surface area contributed by atoms with Crippen molar-refractivity contribution < 1.29 is 0 Å². The normalized spacial score (nSPS) is 19.1. The lowest BCUT2D eigenvalue weighted by molar-refractivity contribution is 0.517. The quantitative estimate of drug-likeness (QED) is 0.708. The van der Waals surface area contributed by atoms with Crippen LogP contribution >= 0.6 is 23.2 Å². The smallest absolute Gasteiger partial charge is 0.0494 e. The van der Waals surface area contributed by atoms with Crippen LogP contribution < -0.4 is 4.90 Å². The molecule has 16 heavy (non-hydrogen) atoms. The molecule has 1 heterocycles. The molecule has 0 aliphatic carbocycles. The fourth-order valence-electron chi connectivity index (χ4n) is 2.46. The van der Waals surface area contributed by atoms with Crippen LogP contribution in [0, 0.1) is 0 Å². The minimum Gasteiger partial charge on any atom is -0.366 e. The zero-order valence-corrected chi connectivity index (χ0v) is 11.3. The van der Waals surface area contributed by atoms with E-state index in [9.17, 15) is 0 Å². The van der Waals surface area contributed by atoms with E-state index < -0.39 is 0 Å². The van der Waals surface area contributed by atoms with Crippen LogP contribution in [0.15, 0.2) is 18.2 Å². The molecule has 0 spiro atoms. The highest BCUT2D eigenvalue weighted by Gasteiger charge is 2.32. The Hall–Kier alpha value is -0.400. The number of anilines is 1. The summed E-state index contributed by atoms with van der Waals surface area (Å²) >= 11 is 12.1. The first-order valence-corrected chi connectivity index (χ1v) is 6.58. The standard InChI is InChI=1S/C13H17Cl2N/c1-13(2)6-3-7-16(13)12-8-11(15)5-4-10(12)9-14/h4-5,8H,3,6-7,9H2,1-2H3. The fraction of sp³-hybridized carbons (Fsp3) is 0.538. The van der Waals surface area contributed by atoms with Crippen LogP contribution in [-0.2, 0) is 5.88 Å². The monoisotopic (exact) mass is 257 g/mol. The molecule has 1 nitrogen and oxygen atoms in total. The van der Waals surface area contributed by atoms with Crippen molar-refractivity contribution in [1.29, 1.82) is 0 Å². The van der Waals surface area contributed by atoms with Crippen LogP contribution in [0.3, 0.4) is 0 Å². The minimum absolute atomic E-state index is 0.214. The second kappa shape index (κ2) is 4.46. The summed E-state index contributed by atoms with van der Waals surface area (Å²) in [5, 5.41) is 0.784. The van der Waals surface area contributed by atoms with Gasteiger partial charge >= 0.3 is 0 Å². The Labute approximate surface area is 107 Å². The highest BCUT2D eigenvalue weighted by Crippen LogP contribution is 2.37. The number of rotatable bonds is 2. The predicted octanol–water partition coefficient (Wildman–Crippen LogP) is 4.46. The van der Waals surface area contributed by atoms with Gasteiger partial charge in [0.15, 0.2) is 0 Å². The van der Waals surface area contributed by atoms with Gasteiger partial charge in [-0.05, 0) is 44.4 Å². The van der Waals surface area contributed by atoms with Crippen molar-refractivity contribution in [2.24, 2.45) is 0 Å². The maximum absolute atomic E-state index is 6.08. The molecule has 0 aromatic heterocycles. The number of halogens is 2. The lowest BCUT2D eigenvalue weighted by Gasteiger charge is -2.35. The third-order valence-corrected chi connectivity index (χ3v) is 3.91. The van der Waals surface area contributed by atoms with Crippen molar-refractivity contribution in [3.63, 3.8) is 0 Å². The van der Waals surface area contributed by atoms with Crippen molar-refractivity contribution in [3.8, 4) is 0 Å². The molecule has 88 valence electrons. The maximum atomic E-state index is 6.08. The van der Waals surface area contributed by atoms with Crippen molar-refractivity contribution in [2.45, 2.75) is 38.1 Å². The summed E-state index contributed by atoms with van der Waals surface area (Å²) in [6.45, 7) is 5.65. The SMILES string of the molecule is CC1(C)CCCN1c1cc(Cl)ccc1CCl. The Morgan fingerprint density at radius 1 is 1.38 bits per heavy atom. The summed E-state index contributed by atoms with van der Waals surface area (Å²) in [6, 6.07) is 5.97. The Kier molecular flexibility index (Phi) is 3.37. The molecule has 1 aliphatic rings. The molecule has 1 aliphatic heterocycles. The number of alkyl halides is 1. The fourth-order valence-corrected chi connectivity index (χ4v) is 2.85. The number of hydrogen-bond acceptors (Lipinski definition) is 1. The molecule has 3 heteroatoms. The average Bonchev–Trinajstić information content (AvgIpc) is 2.58. The van der Waals surface area contributed by atoms with Gasteiger partial charge in [0, 0.05) is 28.7 Å². The van der Waals surface area contributed by atoms with Gasteiger partial charge in [0.1, 0.15) is 0 Å². The Morgan fingerprint density at radius 2 is 2.12 bits per heavy atom. The van der Waals surface area contributed by atoms with E-state index in [0.29, 0.717) is 5.88 Å². The summed E-state index contributed by atoms with van der Waals surface area (Å²) in [4.78, 5) is 2.43. The van der Waals surface area contributed by atoms with Crippen LogP contribution in [0.2, 0.25) is 5.02 Å². The Balaban J connectivity index is 2.42. The lowest BCUT2D eigenvalue weighted by atomic mass is 10.0. The third kappa shape index (κ3) is 2.16. The molecule has 1 aromatic rings. The van der Waals surface area contributed by atoms with E-state index in [4.69, 9.17) is 23.2 Å². The van der Waals surface area contributed by atoms with Crippen molar-refractivity contribution in [1.82, 2.24) is 0 Å². The van der Waals surface area contributed by atoms with Crippen LogP contribution in [0.4, 0.5) is 5.69 Å². The first-order valence-electron chi connectivity index (χ1n) is 5.66. The Bertz CT molecular complexity index is 388. The van der Waals surface area contributed by atoms with Crippen LogP contribution in [0.5, 0.6) is 0 Å². The number of hydrogen-bond donors (Lipinski definition) is 0. The van der Waals surface area contributed by atoms with Crippen molar-refractivity contribution >= 4 is 28.9 Å². The third-order valence-electron chi connectivity index (χ3n) is 3.38. The molecule has 1 saturated heterocycles. The zero-order chi connectivity index (χ0) is 11.8. The summed E-state index contributed by atoms with van der Waals surface area (Å²) in [5.74, 6) is 0.541. The lowest BCUT2D eigenvalue weighted by Crippen LogP contribution is -2.38. The topological polar surface area (TPSA) is 3.24 Å². The molecule has 0 N–H and O–H groups in total. The van der Waals surface area contributed by atoms with Gasteiger partial charge in [-0.25, -0.2) is 0 Å². The molecular formula is C13H17Cl2N. The number of nitrogens with zero attached hydrogens (tertiary/aromatic N) is 1. The van der Waals surface area contributed by atoms with Gasteiger partial charge in [0.05, 0.1) is 0 Å².